The fourth-order valence-corrected chi connectivity index (χ4v) is 3.28. The van der Waals surface area contributed by atoms with Gasteiger partial charge in [0.1, 0.15) is 13.2 Å². The highest BCUT2D eigenvalue weighted by molar-refractivity contribution is 7.92. The number of ether oxygens (including phenoxy) is 2. The van der Waals surface area contributed by atoms with Crippen molar-refractivity contribution in [2.24, 2.45) is 0 Å². The van der Waals surface area contributed by atoms with Crippen LogP contribution in [0.2, 0.25) is 0 Å². The maximum Gasteiger partial charge on any atom is 0.239 e. The van der Waals surface area contributed by atoms with Crippen molar-refractivity contribution in [3.05, 3.63) is 59.5 Å². The maximum atomic E-state index is 12.3. The minimum absolute atomic E-state index is 0.310. The zero-order valence-electron chi connectivity index (χ0n) is 14.8. The number of hydrogen-bond donors (Lipinski definition) is 1. The standard InChI is InChI=1S/C19H20N2O5S/c1-21(27(23,24)12-9-15-5-3-2-4-6-15)14-19(22)20-16-7-8-17-18(13-16)26-11-10-25-17/h2-9,12-13H,10-11,14H2,1H3,(H,20,22). The van der Waals surface area contributed by atoms with Gasteiger partial charge in [-0.3, -0.25) is 4.79 Å². The van der Waals surface area contributed by atoms with Crippen LogP contribution < -0.4 is 14.8 Å². The van der Waals surface area contributed by atoms with Crippen molar-refractivity contribution < 1.29 is 22.7 Å². The summed E-state index contributed by atoms with van der Waals surface area (Å²) in [5, 5.41) is 3.75. The first-order valence-electron chi connectivity index (χ1n) is 8.33. The number of rotatable bonds is 6. The summed E-state index contributed by atoms with van der Waals surface area (Å²) in [7, 11) is -2.36. The zero-order valence-corrected chi connectivity index (χ0v) is 15.6. The Morgan fingerprint density at radius 3 is 2.56 bits per heavy atom. The molecular weight excluding hydrogens is 368 g/mol. The van der Waals surface area contributed by atoms with Crippen LogP contribution in [-0.2, 0) is 14.8 Å². The van der Waals surface area contributed by atoms with Gasteiger partial charge in [0.15, 0.2) is 11.5 Å². The Labute approximate surface area is 158 Å². The molecule has 3 rings (SSSR count). The van der Waals surface area contributed by atoms with Crippen molar-refractivity contribution in [3.63, 3.8) is 0 Å². The number of amides is 1. The van der Waals surface area contributed by atoms with Crippen LogP contribution >= 0.6 is 0 Å². The van der Waals surface area contributed by atoms with E-state index in [2.05, 4.69) is 5.32 Å². The molecule has 0 radical (unpaired) electrons. The predicted molar refractivity (Wildman–Crippen MR) is 103 cm³/mol. The molecule has 0 aromatic heterocycles. The number of anilines is 1. The summed E-state index contributed by atoms with van der Waals surface area (Å²) >= 11 is 0. The van der Waals surface area contributed by atoms with E-state index in [1.807, 2.05) is 18.2 Å². The van der Waals surface area contributed by atoms with Crippen molar-refractivity contribution in [1.29, 1.82) is 0 Å². The molecule has 0 fully saturated rings. The molecule has 1 amide bonds. The molecule has 0 saturated carbocycles. The van der Waals surface area contributed by atoms with Crippen LogP contribution in [0.1, 0.15) is 5.56 Å². The smallest absolute Gasteiger partial charge is 0.239 e. The minimum atomic E-state index is -3.71. The number of benzene rings is 2. The monoisotopic (exact) mass is 388 g/mol. The Bertz CT molecular complexity index is 942. The zero-order chi connectivity index (χ0) is 19.3. The molecule has 27 heavy (non-hydrogen) atoms. The third kappa shape index (κ3) is 5.08. The molecule has 0 saturated heterocycles. The van der Waals surface area contributed by atoms with Gasteiger partial charge in [-0.1, -0.05) is 30.3 Å². The number of nitrogens with zero attached hydrogens (tertiary/aromatic N) is 1. The van der Waals surface area contributed by atoms with Gasteiger partial charge in [-0.05, 0) is 23.8 Å². The highest BCUT2D eigenvalue weighted by Crippen LogP contribution is 2.32. The van der Waals surface area contributed by atoms with Gasteiger partial charge in [0.25, 0.3) is 0 Å². The Balaban J connectivity index is 1.60. The summed E-state index contributed by atoms with van der Waals surface area (Å²) in [6.07, 6.45) is 1.49. The third-order valence-electron chi connectivity index (χ3n) is 3.86. The number of likely N-dealkylation sites (N-methyl/N-ethyl adjacent to an activating group) is 1. The molecule has 2 aromatic carbocycles. The molecule has 8 heteroatoms. The van der Waals surface area contributed by atoms with Crippen molar-refractivity contribution in [1.82, 2.24) is 4.31 Å². The first kappa shape index (κ1) is 18.9. The van der Waals surface area contributed by atoms with E-state index in [-0.39, 0.29) is 6.54 Å². The average molecular weight is 388 g/mol. The lowest BCUT2D eigenvalue weighted by atomic mass is 10.2. The van der Waals surface area contributed by atoms with Gasteiger partial charge in [-0.15, -0.1) is 0 Å². The van der Waals surface area contributed by atoms with E-state index in [4.69, 9.17) is 9.47 Å². The fraction of sp³-hybridized carbons (Fsp3) is 0.211. The summed E-state index contributed by atoms with van der Waals surface area (Å²) in [6, 6.07) is 14.1. The Hall–Kier alpha value is -2.84. The summed E-state index contributed by atoms with van der Waals surface area (Å²) < 4.78 is 36.5. The van der Waals surface area contributed by atoms with Crippen LogP contribution in [0.15, 0.2) is 53.9 Å². The van der Waals surface area contributed by atoms with Crippen molar-refractivity contribution in [2.45, 2.75) is 0 Å². The molecular formula is C19H20N2O5S. The number of sulfonamides is 1. The molecule has 1 aliphatic heterocycles. The highest BCUT2D eigenvalue weighted by atomic mass is 32.2. The lowest BCUT2D eigenvalue weighted by Crippen LogP contribution is -2.33. The van der Waals surface area contributed by atoms with Gasteiger partial charge in [-0.25, -0.2) is 8.42 Å². The summed E-state index contributed by atoms with van der Waals surface area (Å²) in [6.45, 7) is 0.618. The normalized spacial score (nSPS) is 13.7. The summed E-state index contributed by atoms with van der Waals surface area (Å²) in [4.78, 5) is 12.2. The Morgan fingerprint density at radius 2 is 1.81 bits per heavy atom. The van der Waals surface area contributed by atoms with E-state index in [1.54, 1.807) is 30.3 Å². The predicted octanol–water partition coefficient (Wildman–Crippen LogP) is 2.33. The molecule has 1 heterocycles. The minimum Gasteiger partial charge on any atom is -0.486 e. The Kier molecular flexibility index (Phi) is 5.78. The molecule has 142 valence electrons. The number of carbonyl (C=O) groups excluding carboxylic acids is 1. The third-order valence-corrected chi connectivity index (χ3v) is 5.34. The molecule has 1 N–H and O–H groups in total. The van der Waals surface area contributed by atoms with Crippen molar-refractivity contribution in [3.8, 4) is 11.5 Å². The van der Waals surface area contributed by atoms with Crippen molar-refractivity contribution >= 4 is 27.7 Å². The van der Waals surface area contributed by atoms with Gasteiger partial charge < -0.3 is 14.8 Å². The van der Waals surface area contributed by atoms with Gasteiger partial charge >= 0.3 is 0 Å². The topological polar surface area (TPSA) is 84.9 Å². The van der Waals surface area contributed by atoms with E-state index < -0.39 is 15.9 Å². The van der Waals surface area contributed by atoms with Gasteiger partial charge in [0.2, 0.25) is 15.9 Å². The molecule has 0 bridgehead atoms. The molecule has 0 atom stereocenters. The van der Waals surface area contributed by atoms with Crippen LogP contribution in [0.5, 0.6) is 11.5 Å². The molecule has 0 aliphatic carbocycles. The van der Waals surface area contributed by atoms with Crippen LogP contribution in [0, 0.1) is 0 Å². The fourth-order valence-electron chi connectivity index (χ4n) is 2.45. The van der Waals surface area contributed by atoms with E-state index in [0.29, 0.717) is 30.4 Å². The van der Waals surface area contributed by atoms with Crippen LogP contribution in [0.3, 0.4) is 0 Å². The number of hydrogen-bond acceptors (Lipinski definition) is 5. The molecule has 0 spiro atoms. The molecule has 1 aliphatic rings. The average Bonchev–Trinajstić information content (AvgIpc) is 2.67. The second-order valence-electron chi connectivity index (χ2n) is 5.92. The maximum absolute atomic E-state index is 12.3. The SMILES string of the molecule is CN(CC(=O)Nc1ccc2c(c1)OCCO2)S(=O)(=O)C=Cc1ccccc1. The second-order valence-corrected chi connectivity index (χ2v) is 7.85. The number of nitrogens with one attached hydrogen (secondary N) is 1. The van der Waals surface area contributed by atoms with Crippen LogP contribution in [0.4, 0.5) is 5.69 Å². The first-order chi connectivity index (χ1) is 12.9. The largest absolute Gasteiger partial charge is 0.486 e. The van der Waals surface area contributed by atoms with E-state index >= 15 is 0 Å². The van der Waals surface area contributed by atoms with Crippen LogP contribution in [-0.4, -0.2) is 45.4 Å². The molecule has 2 aromatic rings. The van der Waals surface area contributed by atoms with E-state index in [1.165, 1.54) is 13.1 Å². The van der Waals surface area contributed by atoms with Crippen molar-refractivity contribution in [2.75, 3.05) is 32.1 Å². The van der Waals surface area contributed by atoms with Gasteiger partial charge in [0, 0.05) is 24.2 Å². The van der Waals surface area contributed by atoms with Gasteiger partial charge in [0.05, 0.1) is 6.54 Å². The molecule has 0 unspecified atom stereocenters. The summed E-state index contributed by atoms with van der Waals surface area (Å²) in [5.41, 5.74) is 1.27. The second kappa shape index (κ2) is 8.24. The van der Waals surface area contributed by atoms with E-state index in [0.717, 1.165) is 15.3 Å². The van der Waals surface area contributed by atoms with E-state index in [9.17, 15) is 13.2 Å². The van der Waals surface area contributed by atoms with Gasteiger partial charge in [-0.2, -0.15) is 4.31 Å². The number of fused-ring (bicyclic) bond motifs is 1. The lowest BCUT2D eigenvalue weighted by molar-refractivity contribution is -0.116. The molecule has 7 nitrogen and oxygen atoms in total. The quantitative estimate of drug-likeness (QED) is 0.821. The summed E-state index contributed by atoms with van der Waals surface area (Å²) in [5.74, 6) is 0.710. The highest BCUT2D eigenvalue weighted by Gasteiger charge is 2.18. The first-order valence-corrected chi connectivity index (χ1v) is 9.83. The number of carbonyl (C=O) groups is 1. The van der Waals surface area contributed by atoms with Crippen LogP contribution in [0.25, 0.3) is 6.08 Å². The lowest BCUT2D eigenvalue weighted by Gasteiger charge is -2.19. The Morgan fingerprint density at radius 1 is 1.11 bits per heavy atom.